The molecule has 1 aliphatic rings. The van der Waals surface area contributed by atoms with Gasteiger partial charge >= 0.3 is 5.97 Å². The fourth-order valence-corrected chi connectivity index (χ4v) is 2.54. The molecule has 2 heterocycles. The second-order valence-electron chi connectivity index (χ2n) is 5.62. The number of aromatic nitrogens is 1. The Hall–Kier alpha value is -2.93. The first-order chi connectivity index (χ1) is 12.2. The van der Waals surface area contributed by atoms with Crippen molar-refractivity contribution in [2.24, 2.45) is 0 Å². The molecule has 0 aliphatic carbocycles. The van der Waals surface area contributed by atoms with Gasteiger partial charge in [-0.3, -0.25) is 4.79 Å². The number of carbonyl (C=O) groups is 2. The maximum Gasteiger partial charge on any atom is 0.337 e. The molecule has 25 heavy (non-hydrogen) atoms. The summed E-state index contributed by atoms with van der Waals surface area (Å²) >= 11 is 0. The van der Waals surface area contributed by atoms with Crippen molar-refractivity contribution in [2.45, 2.75) is 18.9 Å². The number of benzene rings is 1. The molecule has 0 spiro atoms. The van der Waals surface area contributed by atoms with Crippen molar-refractivity contribution in [2.75, 3.05) is 24.4 Å². The Bertz CT molecular complexity index is 755. The Labute approximate surface area is 145 Å². The van der Waals surface area contributed by atoms with Crippen LogP contribution in [0.1, 0.15) is 23.2 Å². The summed E-state index contributed by atoms with van der Waals surface area (Å²) in [6.07, 6.45) is 2.84. The average molecular weight is 341 g/mol. The molecule has 2 N–H and O–H groups in total. The highest BCUT2D eigenvalue weighted by atomic mass is 16.5. The zero-order valence-corrected chi connectivity index (χ0v) is 13.8. The van der Waals surface area contributed by atoms with E-state index in [1.165, 1.54) is 7.11 Å². The zero-order valence-electron chi connectivity index (χ0n) is 13.8. The summed E-state index contributed by atoms with van der Waals surface area (Å²) in [6, 6.07) is 10.4. The standard InChI is InChI=1S/C18H19N3O4/c1-24-18(23)12-4-2-5-13(10-12)20-16-8-7-14(11-19-16)21-17(22)15-6-3-9-25-15/h2,4-5,7-8,10-11,15H,3,6,9H2,1H3,(H,19,20)(H,21,22). The van der Waals surface area contributed by atoms with Gasteiger partial charge in [0.05, 0.1) is 24.6 Å². The lowest BCUT2D eigenvalue weighted by molar-refractivity contribution is -0.124. The van der Waals surface area contributed by atoms with Gasteiger partial charge in [-0.1, -0.05) is 6.07 Å². The minimum atomic E-state index is -0.399. The molecule has 2 aromatic rings. The number of ether oxygens (including phenoxy) is 2. The molecule has 7 nitrogen and oxygen atoms in total. The highest BCUT2D eigenvalue weighted by Gasteiger charge is 2.23. The predicted molar refractivity (Wildman–Crippen MR) is 92.9 cm³/mol. The lowest BCUT2D eigenvalue weighted by atomic mass is 10.2. The van der Waals surface area contributed by atoms with E-state index in [-0.39, 0.29) is 12.0 Å². The van der Waals surface area contributed by atoms with Gasteiger partial charge in [0, 0.05) is 12.3 Å². The van der Waals surface area contributed by atoms with Crippen molar-refractivity contribution in [1.82, 2.24) is 4.98 Å². The van der Waals surface area contributed by atoms with Gasteiger partial charge in [-0.25, -0.2) is 9.78 Å². The topological polar surface area (TPSA) is 89.6 Å². The molecule has 1 aromatic carbocycles. The fourth-order valence-electron chi connectivity index (χ4n) is 2.54. The number of rotatable bonds is 5. The number of hydrogen-bond acceptors (Lipinski definition) is 6. The van der Waals surface area contributed by atoms with Crippen LogP contribution in [0.15, 0.2) is 42.6 Å². The molecule has 0 bridgehead atoms. The predicted octanol–water partition coefficient (Wildman–Crippen LogP) is 2.73. The summed E-state index contributed by atoms with van der Waals surface area (Å²) < 4.78 is 10.1. The van der Waals surface area contributed by atoms with Crippen LogP contribution in [0.3, 0.4) is 0 Å². The van der Waals surface area contributed by atoms with E-state index in [0.717, 1.165) is 12.8 Å². The summed E-state index contributed by atoms with van der Waals surface area (Å²) in [4.78, 5) is 27.8. The van der Waals surface area contributed by atoms with Crippen LogP contribution in [-0.2, 0) is 14.3 Å². The Balaban J connectivity index is 1.62. The number of hydrogen-bond donors (Lipinski definition) is 2. The summed E-state index contributed by atoms with van der Waals surface area (Å²) in [5.41, 5.74) is 1.77. The van der Waals surface area contributed by atoms with E-state index in [1.54, 1.807) is 36.5 Å². The van der Waals surface area contributed by atoms with Crippen molar-refractivity contribution in [3.63, 3.8) is 0 Å². The van der Waals surface area contributed by atoms with Gasteiger partial charge in [0.25, 0.3) is 5.91 Å². The molecule has 1 atom stereocenters. The van der Waals surface area contributed by atoms with Gasteiger partial charge in [0.2, 0.25) is 0 Å². The van der Waals surface area contributed by atoms with E-state index >= 15 is 0 Å². The Morgan fingerprint density at radius 1 is 1.24 bits per heavy atom. The van der Waals surface area contributed by atoms with Gasteiger partial charge in [-0.05, 0) is 43.2 Å². The number of pyridine rings is 1. The highest BCUT2D eigenvalue weighted by molar-refractivity contribution is 5.94. The minimum Gasteiger partial charge on any atom is -0.465 e. The van der Waals surface area contributed by atoms with Gasteiger partial charge < -0.3 is 20.1 Å². The van der Waals surface area contributed by atoms with Crippen molar-refractivity contribution < 1.29 is 19.1 Å². The molecule has 7 heteroatoms. The first-order valence-corrected chi connectivity index (χ1v) is 7.99. The molecular formula is C18H19N3O4. The summed E-state index contributed by atoms with van der Waals surface area (Å²) in [5, 5.41) is 5.89. The van der Waals surface area contributed by atoms with Gasteiger partial charge in [0.15, 0.2) is 0 Å². The first kappa shape index (κ1) is 16.9. The summed E-state index contributed by atoms with van der Waals surface area (Å²) in [6.45, 7) is 0.629. The van der Waals surface area contributed by atoms with Crippen LogP contribution in [-0.4, -0.2) is 36.7 Å². The Kier molecular flexibility index (Phi) is 5.25. The van der Waals surface area contributed by atoms with Crippen molar-refractivity contribution in [3.05, 3.63) is 48.2 Å². The molecule has 1 fully saturated rings. The third kappa shape index (κ3) is 4.33. The number of anilines is 3. The monoisotopic (exact) mass is 341 g/mol. The molecule has 1 aromatic heterocycles. The highest BCUT2D eigenvalue weighted by Crippen LogP contribution is 2.19. The van der Waals surface area contributed by atoms with E-state index < -0.39 is 5.97 Å². The molecule has 1 unspecified atom stereocenters. The van der Waals surface area contributed by atoms with E-state index in [9.17, 15) is 9.59 Å². The Morgan fingerprint density at radius 3 is 2.80 bits per heavy atom. The number of nitrogens with one attached hydrogen (secondary N) is 2. The maximum atomic E-state index is 12.0. The normalized spacial score (nSPS) is 16.3. The zero-order chi connectivity index (χ0) is 17.6. The van der Waals surface area contributed by atoms with Crippen LogP contribution in [0.25, 0.3) is 0 Å². The van der Waals surface area contributed by atoms with Crippen LogP contribution in [0.5, 0.6) is 0 Å². The number of methoxy groups -OCH3 is 1. The molecule has 1 amide bonds. The summed E-state index contributed by atoms with van der Waals surface area (Å²) in [7, 11) is 1.34. The molecule has 1 aliphatic heterocycles. The first-order valence-electron chi connectivity index (χ1n) is 7.99. The molecule has 0 radical (unpaired) electrons. The number of esters is 1. The van der Waals surface area contributed by atoms with Crippen LogP contribution >= 0.6 is 0 Å². The second-order valence-corrected chi connectivity index (χ2v) is 5.62. The van der Waals surface area contributed by atoms with Crippen molar-refractivity contribution in [1.29, 1.82) is 0 Å². The van der Waals surface area contributed by atoms with Crippen LogP contribution < -0.4 is 10.6 Å². The minimum absolute atomic E-state index is 0.147. The van der Waals surface area contributed by atoms with Gasteiger partial charge in [0.1, 0.15) is 11.9 Å². The van der Waals surface area contributed by atoms with Gasteiger partial charge in [-0.15, -0.1) is 0 Å². The molecule has 0 saturated carbocycles. The van der Waals surface area contributed by atoms with E-state index in [2.05, 4.69) is 15.6 Å². The SMILES string of the molecule is COC(=O)c1cccc(Nc2ccc(NC(=O)C3CCCO3)cn2)c1. The lowest BCUT2D eigenvalue weighted by Crippen LogP contribution is -2.26. The molecule has 130 valence electrons. The van der Waals surface area contributed by atoms with Crippen LogP contribution in [0.4, 0.5) is 17.2 Å². The number of nitrogens with zero attached hydrogens (tertiary/aromatic N) is 1. The fraction of sp³-hybridized carbons (Fsp3) is 0.278. The van der Waals surface area contributed by atoms with Crippen molar-refractivity contribution in [3.8, 4) is 0 Å². The van der Waals surface area contributed by atoms with E-state index in [0.29, 0.717) is 29.4 Å². The van der Waals surface area contributed by atoms with Crippen molar-refractivity contribution >= 4 is 29.1 Å². The molecule has 1 saturated heterocycles. The molecular weight excluding hydrogens is 322 g/mol. The summed E-state index contributed by atoms with van der Waals surface area (Å²) in [5.74, 6) is 0.0479. The quantitative estimate of drug-likeness (QED) is 0.813. The second kappa shape index (κ2) is 7.76. The largest absolute Gasteiger partial charge is 0.465 e. The third-order valence-electron chi connectivity index (χ3n) is 3.81. The van der Waals surface area contributed by atoms with Gasteiger partial charge in [-0.2, -0.15) is 0 Å². The van der Waals surface area contributed by atoms with E-state index in [4.69, 9.17) is 9.47 Å². The van der Waals surface area contributed by atoms with Crippen LogP contribution in [0.2, 0.25) is 0 Å². The number of carbonyl (C=O) groups excluding carboxylic acids is 2. The van der Waals surface area contributed by atoms with Crippen LogP contribution in [0, 0.1) is 0 Å². The molecule has 3 rings (SSSR count). The maximum absolute atomic E-state index is 12.0. The van der Waals surface area contributed by atoms with E-state index in [1.807, 2.05) is 6.07 Å². The third-order valence-corrected chi connectivity index (χ3v) is 3.81. The Morgan fingerprint density at radius 2 is 2.12 bits per heavy atom. The lowest BCUT2D eigenvalue weighted by Gasteiger charge is -2.11. The smallest absolute Gasteiger partial charge is 0.337 e. The average Bonchev–Trinajstić information content (AvgIpc) is 3.18. The number of amides is 1.